The Morgan fingerprint density at radius 3 is 2.41 bits per heavy atom. The minimum Gasteiger partial charge on any atom is -0.309 e. The summed E-state index contributed by atoms with van der Waals surface area (Å²) in [6.45, 7) is 3.31. The van der Waals surface area contributed by atoms with Crippen LogP contribution in [0.15, 0.2) is 30.3 Å². The van der Waals surface area contributed by atoms with Crippen molar-refractivity contribution in [2.45, 2.75) is 45.1 Å². The van der Waals surface area contributed by atoms with Crippen molar-refractivity contribution in [1.29, 1.82) is 0 Å². The first kappa shape index (κ1) is 14.5. The van der Waals surface area contributed by atoms with E-state index in [1.54, 1.807) is 0 Å². The first-order valence-corrected chi connectivity index (χ1v) is 7.26. The molecule has 0 radical (unpaired) electrons. The number of alkyl halides is 1. The van der Waals surface area contributed by atoms with Crippen LogP contribution >= 0.6 is 11.6 Å². The fraction of sp³-hybridized carbons (Fsp3) is 0.600. The van der Waals surface area contributed by atoms with Gasteiger partial charge in [0.25, 0.3) is 0 Å². The van der Waals surface area contributed by atoms with Crippen LogP contribution in [0.4, 0.5) is 0 Å². The number of rotatable bonds is 9. The van der Waals surface area contributed by atoms with Crippen molar-refractivity contribution in [3.8, 4) is 0 Å². The Morgan fingerprint density at radius 1 is 1.06 bits per heavy atom. The van der Waals surface area contributed by atoms with Gasteiger partial charge >= 0.3 is 0 Å². The van der Waals surface area contributed by atoms with Crippen LogP contribution in [0.1, 0.15) is 50.6 Å². The zero-order valence-electron chi connectivity index (χ0n) is 10.8. The molecule has 0 saturated heterocycles. The molecule has 2 heteroatoms. The fourth-order valence-electron chi connectivity index (χ4n) is 1.95. The molecule has 1 atom stereocenters. The smallest absolute Gasteiger partial charge is 0.0457 e. The summed E-state index contributed by atoms with van der Waals surface area (Å²) >= 11 is 6.00. The summed E-state index contributed by atoms with van der Waals surface area (Å²) < 4.78 is 0. The molecule has 0 aliphatic carbocycles. The lowest BCUT2D eigenvalue weighted by Gasteiger charge is -2.16. The van der Waals surface area contributed by atoms with Crippen LogP contribution in [0.2, 0.25) is 0 Å². The highest BCUT2D eigenvalue weighted by molar-refractivity contribution is 6.18. The van der Waals surface area contributed by atoms with Gasteiger partial charge in [0.2, 0.25) is 0 Å². The highest BCUT2D eigenvalue weighted by Crippen LogP contribution is 2.14. The third-order valence-electron chi connectivity index (χ3n) is 3.03. The molecule has 0 saturated carbocycles. The van der Waals surface area contributed by atoms with Crippen LogP contribution in [-0.2, 0) is 0 Å². The standard InChI is InChI=1S/C15H24ClN/c1-2-3-4-5-9-12-17-15(13-16)14-10-7-6-8-11-14/h6-8,10-11,15,17H,2-5,9,12-13H2,1H3. The van der Waals surface area contributed by atoms with E-state index in [0.29, 0.717) is 11.9 Å². The zero-order chi connectivity index (χ0) is 12.3. The van der Waals surface area contributed by atoms with Crippen molar-refractivity contribution in [2.24, 2.45) is 0 Å². The Hall–Kier alpha value is -0.530. The summed E-state index contributed by atoms with van der Waals surface area (Å²) in [4.78, 5) is 0. The maximum atomic E-state index is 6.00. The van der Waals surface area contributed by atoms with Crippen molar-refractivity contribution in [1.82, 2.24) is 5.32 Å². The average Bonchev–Trinajstić information content (AvgIpc) is 2.39. The van der Waals surface area contributed by atoms with Crippen molar-refractivity contribution in [2.75, 3.05) is 12.4 Å². The zero-order valence-corrected chi connectivity index (χ0v) is 11.5. The second kappa shape index (κ2) is 9.49. The topological polar surface area (TPSA) is 12.0 Å². The third-order valence-corrected chi connectivity index (χ3v) is 3.34. The van der Waals surface area contributed by atoms with E-state index in [-0.39, 0.29) is 0 Å². The van der Waals surface area contributed by atoms with Crippen molar-refractivity contribution in [3.63, 3.8) is 0 Å². The van der Waals surface area contributed by atoms with Crippen molar-refractivity contribution in [3.05, 3.63) is 35.9 Å². The number of halogens is 1. The summed E-state index contributed by atoms with van der Waals surface area (Å²) in [5.74, 6) is 0.638. The van der Waals surface area contributed by atoms with Crippen LogP contribution in [0.3, 0.4) is 0 Å². The Balaban J connectivity index is 2.20. The molecule has 0 heterocycles. The number of nitrogens with one attached hydrogen (secondary N) is 1. The molecule has 0 aromatic heterocycles. The third kappa shape index (κ3) is 6.09. The van der Waals surface area contributed by atoms with Gasteiger partial charge in [0.05, 0.1) is 0 Å². The van der Waals surface area contributed by atoms with Crippen molar-refractivity contribution < 1.29 is 0 Å². The summed E-state index contributed by atoms with van der Waals surface area (Å²) in [6.07, 6.45) is 6.60. The van der Waals surface area contributed by atoms with Gasteiger partial charge in [0, 0.05) is 11.9 Å². The van der Waals surface area contributed by atoms with Gasteiger partial charge in [-0.05, 0) is 18.5 Å². The summed E-state index contributed by atoms with van der Waals surface area (Å²) in [6, 6.07) is 10.7. The second-order valence-electron chi connectivity index (χ2n) is 4.49. The van der Waals surface area contributed by atoms with Crippen LogP contribution in [0, 0.1) is 0 Å². The normalized spacial score (nSPS) is 12.6. The molecule has 1 nitrogen and oxygen atoms in total. The molecule has 0 aliphatic heterocycles. The molecule has 1 aromatic rings. The lowest BCUT2D eigenvalue weighted by molar-refractivity contribution is 0.534. The van der Waals surface area contributed by atoms with Gasteiger partial charge in [-0.1, -0.05) is 62.9 Å². The highest BCUT2D eigenvalue weighted by Gasteiger charge is 2.07. The molecule has 0 spiro atoms. The van der Waals surface area contributed by atoms with Crippen LogP contribution in [0.25, 0.3) is 0 Å². The number of hydrogen-bond acceptors (Lipinski definition) is 1. The molecule has 0 amide bonds. The van der Waals surface area contributed by atoms with Gasteiger partial charge in [-0.15, -0.1) is 11.6 Å². The number of unbranched alkanes of at least 4 members (excludes halogenated alkanes) is 4. The number of benzene rings is 1. The molecule has 17 heavy (non-hydrogen) atoms. The average molecular weight is 254 g/mol. The Labute approximate surface area is 111 Å². The van der Waals surface area contributed by atoms with E-state index < -0.39 is 0 Å². The lowest BCUT2D eigenvalue weighted by Crippen LogP contribution is -2.23. The molecule has 0 aliphatic rings. The van der Waals surface area contributed by atoms with Gasteiger partial charge in [0.15, 0.2) is 0 Å². The molecule has 0 fully saturated rings. The molecule has 1 N–H and O–H groups in total. The van der Waals surface area contributed by atoms with E-state index in [4.69, 9.17) is 11.6 Å². The molecular formula is C15H24ClN. The molecule has 1 aromatic carbocycles. The molecule has 96 valence electrons. The van der Waals surface area contributed by atoms with Crippen LogP contribution in [0.5, 0.6) is 0 Å². The molecule has 1 unspecified atom stereocenters. The first-order valence-electron chi connectivity index (χ1n) is 6.72. The Bertz CT molecular complexity index is 274. The fourth-order valence-corrected chi connectivity index (χ4v) is 2.24. The van der Waals surface area contributed by atoms with E-state index in [2.05, 4.69) is 36.5 Å². The van der Waals surface area contributed by atoms with Gasteiger partial charge in [0.1, 0.15) is 0 Å². The minimum absolute atomic E-state index is 0.295. The lowest BCUT2D eigenvalue weighted by atomic mass is 10.1. The molecule has 1 rings (SSSR count). The minimum atomic E-state index is 0.295. The van der Waals surface area contributed by atoms with E-state index in [9.17, 15) is 0 Å². The van der Waals surface area contributed by atoms with Crippen molar-refractivity contribution >= 4 is 11.6 Å². The quantitative estimate of drug-likeness (QED) is 0.504. The van der Waals surface area contributed by atoms with E-state index in [0.717, 1.165) is 6.54 Å². The molecule has 0 bridgehead atoms. The maximum absolute atomic E-state index is 6.00. The van der Waals surface area contributed by atoms with Crippen LogP contribution in [-0.4, -0.2) is 12.4 Å². The van der Waals surface area contributed by atoms with Gasteiger partial charge < -0.3 is 5.32 Å². The monoisotopic (exact) mass is 253 g/mol. The number of hydrogen-bond donors (Lipinski definition) is 1. The predicted octanol–water partition coefficient (Wildman–Crippen LogP) is 4.53. The SMILES string of the molecule is CCCCCCCNC(CCl)c1ccccc1. The van der Waals surface area contributed by atoms with E-state index in [1.165, 1.54) is 37.7 Å². The summed E-state index contributed by atoms with van der Waals surface area (Å²) in [5.41, 5.74) is 1.29. The summed E-state index contributed by atoms with van der Waals surface area (Å²) in [5, 5.41) is 3.53. The Morgan fingerprint density at radius 2 is 1.76 bits per heavy atom. The van der Waals surface area contributed by atoms with Crippen LogP contribution < -0.4 is 5.32 Å². The van der Waals surface area contributed by atoms with E-state index >= 15 is 0 Å². The summed E-state index contributed by atoms with van der Waals surface area (Å²) in [7, 11) is 0. The predicted molar refractivity (Wildman–Crippen MR) is 76.7 cm³/mol. The van der Waals surface area contributed by atoms with E-state index in [1.807, 2.05) is 6.07 Å². The highest BCUT2D eigenvalue weighted by atomic mass is 35.5. The first-order chi connectivity index (χ1) is 8.38. The van der Waals surface area contributed by atoms with Gasteiger partial charge in [-0.3, -0.25) is 0 Å². The van der Waals surface area contributed by atoms with Gasteiger partial charge in [-0.2, -0.15) is 0 Å². The van der Waals surface area contributed by atoms with Gasteiger partial charge in [-0.25, -0.2) is 0 Å². The Kier molecular flexibility index (Phi) is 8.12. The molecular weight excluding hydrogens is 230 g/mol. The second-order valence-corrected chi connectivity index (χ2v) is 4.79. The maximum Gasteiger partial charge on any atom is 0.0457 e. The largest absolute Gasteiger partial charge is 0.309 e.